The van der Waals surface area contributed by atoms with Crippen LogP contribution in [0.4, 0.5) is 0 Å². The summed E-state index contributed by atoms with van der Waals surface area (Å²) >= 11 is -1.77. The Morgan fingerprint density at radius 3 is 1.82 bits per heavy atom. The zero-order chi connectivity index (χ0) is 23.5. The molecule has 178 valence electrons. The monoisotopic (exact) mass is 590 g/mol. The molecule has 0 N–H and O–H groups in total. The quantitative estimate of drug-likeness (QED) is 0.231. The summed E-state index contributed by atoms with van der Waals surface area (Å²) in [6, 6.07) is 29.9. The van der Waals surface area contributed by atoms with Gasteiger partial charge in [0.05, 0.1) is 0 Å². The molecule has 1 aliphatic rings. The van der Waals surface area contributed by atoms with E-state index in [1.165, 1.54) is 43.0 Å². The van der Waals surface area contributed by atoms with Crippen LogP contribution in [-0.2, 0) is 13.5 Å². The van der Waals surface area contributed by atoms with Crippen molar-refractivity contribution in [3.63, 3.8) is 0 Å². The first-order valence-electron chi connectivity index (χ1n) is 11.4. The predicted molar refractivity (Wildman–Crippen MR) is 145 cm³/mol. The molecule has 6 heteroatoms. The summed E-state index contributed by atoms with van der Waals surface area (Å²) in [5.41, 5.74) is 0.991. The molecule has 1 fully saturated rings. The average molecular weight is 591 g/mol. The molecule has 0 amide bonds. The Hall–Kier alpha value is -1.08. The molecule has 0 unspecified atom stereocenters. The van der Waals surface area contributed by atoms with Crippen molar-refractivity contribution in [1.82, 2.24) is 4.67 Å². The summed E-state index contributed by atoms with van der Waals surface area (Å²) in [5.74, 6) is 0.850. The van der Waals surface area contributed by atoms with E-state index in [0.29, 0.717) is 0 Å². The van der Waals surface area contributed by atoms with Crippen molar-refractivity contribution >= 4 is 42.7 Å². The van der Waals surface area contributed by atoms with Crippen molar-refractivity contribution in [2.24, 2.45) is 0 Å². The van der Waals surface area contributed by atoms with Crippen LogP contribution in [0.1, 0.15) is 38.7 Å². The van der Waals surface area contributed by atoms with Crippen LogP contribution in [0.3, 0.4) is 0 Å². The number of rotatable bonds is 6. The Bertz CT molecular complexity index is 952. The minimum absolute atomic E-state index is 0.163. The van der Waals surface area contributed by atoms with E-state index < -0.39 is 21.6 Å². The van der Waals surface area contributed by atoms with Gasteiger partial charge in [-0.3, -0.25) is 0 Å². The fourth-order valence-corrected chi connectivity index (χ4v) is 8.50. The van der Waals surface area contributed by atoms with Gasteiger partial charge in [0.25, 0.3) is 0 Å². The third-order valence-electron chi connectivity index (χ3n) is 5.24. The Morgan fingerprint density at radius 2 is 1.30 bits per heavy atom. The topological polar surface area (TPSA) is 12.5 Å². The minimum atomic E-state index is -1.77. The summed E-state index contributed by atoms with van der Waals surface area (Å²) in [6.45, 7) is 6.51. The van der Waals surface area contributed by atoms with Crippen LogP contribution < -0.4 is 15.3 Å². The van der Waals surface area contributed by atoms with Crippen molar-refractivity contribution < 1.29 is 18.3 Å². The van der Waals surface area contributed by atoms with E-state index in [4.69, 9.17) is 24.1 Å². The Morgan fingerprint density at radius 1 is 0.788 bits per heavy atom. The number of halogens is 2. The van der Waals surface area contributed by atoms with E-state index in [9.17, 15) is 0 Å². The van der Waals surface area contributed by atoms with Crippen molar-refractivity contribution in [2.45, 2.75) is 39.2 Å². The third-order valence-corrected chi connectivity index (χ3v) is 9.91. The zero-order valence-corrected chi connectivity index (χ0v) is 23.5. The Kier molecular flexibility index (Phi) is 11.5. The molecule has 33 heavy (non-hydrogen) atoms. The van der Waals surface area contributed by atoms with Crippen LogP contribution in [0.25, 0.3) is 0 Å². The second kappa shape index (κ2) is 14.4. The second-order valence-corrected chi connectivity index (χ2v) is 16.3. The largest absolute Gasteiger partial charge is 0.173 e. The van der Waals surface area contributed by atoms with Gasteiger partial charge in [0.15, 0.2) is 0 Å². The third kappa shape index (κ3) is 8.90. The number of benzene rings is 3. The van der Waals surface area contributed by atoms with Gasteiger partial charge in [-0.25, -0.2) is 0 Å². The van der Waals surface area contributed by atoms with E-state index in [-0.39, 0.29) is 6.10 Å². The first kappa shape index (κ1) is 26.5. The van der Waals surface area contributed by atoms with Gasteiger partial charge >= 0.3 is 97.8 Å². The standard InChI is InChI=1S/C17H20NP.C10H12O.2ClH.Ru/c1-4-10-16(11-5-1)19(17-12-6-2-7-13-17)18-14-8-3-9-15-18;1-8(2)11-10-7-5-4-6-9(10)3;;;/h1-2,4-7,10-13H,3,8-9,14-15H2;3-8H,1-2H3;2*1H;/q;;;;+2/p-1. The number of piperidine rings is 1. The fraction of sp³-hybridized carbons (Fsp3) is 0.296. The summed E-state index contributed by atoms with van der Waals surface area (Å²) < 4.78 is 10.2. The predicted octanol–water partition coefficient (Wildman–Crippen LogP) is 6.80. The fourth-order valence-electron chi connectivity index (χ4n) is 3.85. The van der Waals surface area contributed by atoms with Gasteiger partial charge in [-0.1, -0.05) is 42.8 Å². The smallest absolute Gasteiger partial charge is 0.135 e. The molecule has 4 rings (SSSR count). The molecule has 3 aromatic rings. The first-order chi connectivity index (χ1) is 16.0. The molecular weight excluding hydrogens is 557 g/mol. The van der Waals surface area contributed by atoms with Crippen molar-refractivity contribution in [1.29, 1.82) is 0 Å². The minimum Gasteiger partial charge on any atom is -0.173 e. The molecule has 0 bridgehead atoms. The first-order valence-corrected chi connectivity index (χ1v) is 18.3. The van der Waals surface area contributed by atoms with Gasteiger partial charge in [-0.05, 0) is 37.1 Å². The van der Waals surface area contributed by atoms with Gasteiger partial charge in [0, 0.05) is 13.1 Å². The van der Waals surface area contributed by atoms with Gasteiger partial charge < -0.3 is 0 Å². The summed E-state index contributed by atoms with van der Waals surface area (Å²) in [5, 5.41) is 3.03. The zero-order valence-electron chi connectivity index (χ0n) is 19.2. The van der Waals surface area contributed by atoms with Crippen molar-refractivity contribution in [2.75, 3.05) is 13.1 Å². The van der Waals surface area contributed by atoms with E-state index in [1.54, 1.807) is 0 Å². The molecule has 0 radical (unpaired) electrons. The maximum atomic E-state index is 5.82. The van der Waals surface area contributed by atoms with Gasteiger partial charge in [-0.15, -0.1) is 0 Å². The molecule has 3 aromatic carbocycles. The van der Waals surface area contributed by atoms with Crippen molar-refractivity contribution in [3.8, 4) is 5.75 Å². The number of para-hydroxylation sites is 1. The van der Waals surface area contributed by atoms with E-state index in [2.05, 4.69) is 65.3 Å². The van der Waals surface area contributed by atoms with Crippen LogP contribution in [0.15, 0.2) is 84.9 Å². The molecule has 2 nitrogen and oxygen atoms in total. The van der Waals surface area contributed by atoms with Crippen LogP contribution in [-0.4, -0.2) is 28.5 Å². The molecule has 1 saturated heterocycles. The normalized spacial score (nSPS) is 14.4. The summed E-state index contributed by atoms with van der Waals surface area (Å²) in [7, 11) is 10.9. The Labute approximate surface area is 213 Å². The van der Waals surface area contributed by atoms with Gasteiger partial charge in [0.1, 0.15) is 18.7 Å². The SMILES string of the molecule is CC(C)Oc1ccccc1[CH]=[Ru]([Cl])[Cl].c1ccc([PH+](c2ccccc2)N2CCCCC2)cc1. The van der Waals surface area contributed by atoms with Crippen LogP contribution in [0.2, 0.25) is 0 Å². The summed E-state index contributed by atoms with van der Waals surface area (Å²) in [4.78, 5) is 0. The molecular formula is C27H33Cl2NOPRu+. The number of ether oxygens (including phenoxy) is 1. The average Bonchev–Trinajstić information content (AvgIpc) is 2.83. The second-order valence-electron chi connectivity index (χ2n) is 8.14. The molecule has 0 spiro atoms. The molecule has 1 aliphatic heterocycles. The van der Waals surface area contributed by atoms with Gasteiger partial charge in [0.2, 0.25) is 0 Å². The maximum Gasteiger partial charge on any atom is 0.135 e. The van der Waals surface area contributed by atoms with E-state index in [0.717, 1.165) is 11.3 Å². The molecule has 0 aromatic heterocycles. The van der Waals surface area contributed by atoms with Crippen LogP contribution in [0, 0.1) is 0 Å². The van der Waals surface area contributed by atoms with Crippen LogP contribution >= 0.6 is 27.5 Å². The van der Waals surface area contributed by atoms with Crippen LogP contribution in [0.5, 0.6) is 5.75 Å². The van der Waals surface area contributed by atoms with E-state index in [1.807, 2.05) is 42.7 Å². The number of hydrogen-bond donors (Lipinski definition) is 0. The van der Waals surface area contributed by atoms with E-state index >= 15 is 0 Å². The number of nitrogens with zero attached hydrogens (tertiary/aromatic N) is 1. The molecule has 1 heterocycles. The molecule has 0 aliphatic carbocycles. The molecule has 0 atom stereocenters. The molecule has 0 saturated carbocycles. The Balaban J connectivity index is 0.000000196. The number of hydrogen-bond acceptors (Lipinski definition) is 2. The maximum absolute atomic E-state index is 5.82. The van der Waals surface area contributed by atoms with Gasteiger partial charge in [-0.2, -0.15) is 4.67 Å². The van der Waals surface area contributed by atoms with Crippen molar-refractivity contribution in [3.05, 3.63) is 90.5 Å². The summed E-state index contributed by atoms with van der Waals surface area (Å²) in [6.07, 6.45) is 4.27.